The highest BCUT2D eigenvalue weighted by atomic mass is 32.1. The third-order valence-corrected chi connectivity index (χ3v) is 7.44. The first-order valence-corrected chi connectivity index (χ1v) is 12.1. The molecular weight excluding hydrogens is 430 g/mol. The molecule has 4 aromatic rings. The summed E-state index contributed by atoms with van der Waals surface area (Å²) in [7, 11) is 0. The summed E-state index contributed by atoms with van der Waals surface area (Å²) in [5.41, 5.74) is 3.33. The Morgan fingerprint density at radius 1 is 0.909 bits per heavy atom. The number of aryl methyl sites for hydroxylation is 1. The van der Waals surface area contributed by atoms with Crippen molar-refractivity contribution in [1.29, 1.82) is 0 Å². The monoisotopic (exact) mass is 455 g/mol. The third-order valence-electron chi connectivity index (χ3n) is 6.24. The lowest BCUT2D eigenvalue weighted by molar-refractivity contribution is -0.130. The first-order chi connectivity index (χ1) is 16.1. The van der Waals surface area contributed by atoms with Gasteiger partial charge in [-0.25, -0.2) is 0 Å². The Hall–Kier alpha value is -3.44. The van der Waals surface area contributed by atoms with Gasteiger partial charge in [-0.05, 0) is 48.6 Å². The number of carbonyl (C=O) groups is 2. The van der Waals surface area contributed by atoms with Crippen molar-refractivity contribution in [2.45, 2.75) is 25.7 Å². The summed E-state index contributed by atoms with van der Waals surface area (Å²) in [6, 6.07) is 22.7. The highest BCUT2D eigenvalue weighted by Gasteiger charge is 2.22. The first-order valence-electron chi connectivity index (χ1n) is 11.3. The van der Waals surface area contributed by atoms with Crippen molar-refractivity contribution in [3.63, 3.8) is 0 Å². The number of rotatable bonds is 6. The van der Waals surface area contributed by atoms with Crippen LogP contribution >= 0.6 is 11.3 Å². The average Bonchev–Trinajstić information content (AvgIpc) is 3.51. The maximum absolute atomic E-state index is 13.6. The molecule has 1 N–H and O–H groups in total. The zero-order valence-corrected chi connectivity index (χ0v) is 19.1. The van der Waals surface area contributed by atoms with E-state index in [2.05, 4.69) is 0 Å². The van der Waals surface area contributed by atoms with E-state index in [1.807, 2.05) is 65.6 Å². The topological polar surface area (TPSA) is 57.6 Å². The van der Waals surface area contributed by atoms with Gasteiger partial charge in [0.25, 0.3) is 0 Å². The minimum absolute atomic E-state index is 0.0366. The van der Waals surface area contributed by atoms with E-state index in [0.717, 1.165) is 52.0 Å². The number of phenolic OH excluding ortho intramolecular Hbond substituents is 1. The summed E-state index contributed by atoms with van der Waals surface area (Å²) in [6.07, 6.45) is 3.39. The Morgan fingerprint density at radius 2 is 1.64 bits per heavy atom. The van der Waals surface area contributed by atoms with Gasteiger partial charge in [0.1, 0.15) is 5.75 Å². The molecule has 2 heterocycles. The van der Waals surface area contributed by atoms with Crippen molar-refractivity contribution < 1.29 is 14.7 Å². The van der Waals surface area contributed by atoms with Crippen molar-refractivity contribution in [1.82, 2.24) is 4.90 Å². The second kappa shape index (κ2) is 9.20. The molecule has 1 saturated heterocycles. The van der Waals surface area contributed by atoms with E-state index in [9.17, 15) is 14.7 Å². The van der Waals surface area contributed by atoms with Crippen molar-refractivity contribution in [2.24, 2.45) is 0 Å². The predicted octanol–water partition coefficient (Wildman–Crippen LogP) is 6.06. The van der Waals surface area contributed by atoms with Gasteiger partial charge in [0.2, 0.25) is 5.91 Å². The normalized spacial score (nSPS) is 13.5. The van der Waals surface area contributed by atoms with Crippen LogP contribution in [0, 0.1) is 0 Å². The van der Waals surface area contributed by atoms with Crippen molar-refractivity contribution >= 4 is 33.1 Å². The molecule has 0 atom stereocenters. The summed E-state index contributed by atoms with van der Waals surface area (Å²) in [6.45, 7) is 1.75. The fourth-order valence-electron chi connectivity index (χ4n) is 4.45. The van der Waals surface area contributed by atoms with Gasteiger partial charge in [-0.3, -0.25) is 9.59 Å². The highest BCUT2D eigenvalue weighted by Crippen LogP contribution is 2.41. The molecule has 1 amide bonds. The second-order valence-electron chi connectivity index (χ2n) is 8.47. The maximum Gasteiger partial charge on any atom is 0.222 e. The Morgan fingerprint density at radius 3 is 2.36 bits per heavy atom. The lowest BCUT2D eigenvalue weighted by atomic mass is 9.96. The number of aromatic hydroxyl groups is 1. The molecule has 0 aliphatic carbocycles. The fraction of sp³-hybridized carbons (Fsp3) is 0.214. The van der Waals surface area contributed by atoms with Gasteiger partial charge >= 0.3 is 0 Å². The molecule has 5 rings (SSSR count). The zero-order valence-electron chi connectivity index (χ0n) is 18.3. The van der Waals surface area contributed by atoms with E-state index in [1.54, 1.807) is 12.1 Å². The quantitative estimate of drug-likeness (QED) is 0.360. The van der Waals surface area contributed by atoms with Crippen LogP contribution in [-0.4, -0.2) is 34.8 Å². The number of hydrogen-bond donors (Lipinski definition) is 1. The van der Waals surface area contributed by atoms with Crippen LogP contribution in [0.1, 0.15) is 40.7 Å². The highest BCUT2D eigenvalue weighted by molar-refractivity contribution is 7.22. The van der Waals surface area contributed by atoms with Gasteiger partial charge in [0, 0.05) is 45.6 Å². The summed E-state index contributed by atoms with van der Waals surface area (Å²) >= 11 is 1.52. The van der Waals surface area contributed by atoms with Crippen LogP contribution < -0.4 is 0 Å². The van der Waals surface area contributed by atoms with E-state index < -0.39 is 0 Å². The standard InChI is InChI=1S/C28H25NO3S/c30-22-13-14-23-24(18-22)33-28(21-6-2-1-3-7-21)26(23)27(32)20-11-8-19(9-12-20)10-15-25(31)29-16-4-5-17-29/h1-3,6-9,11-14,18,30H,4-5,10,15-17H2. The van der Waals surface area contributed by atoms with Crippen LogP contribution in [0.25, 0.3) is 20.5 Å². The first kappa shape index (κ1) is 21.4. The summed E-state index contributed by atoms with van der Waals surface area (Å²) in [4.78, 5) is 28.8. The number of ketones is 1. The SMILES string of the molecule is O=C(c1ccc(CCC(=O)N2CCCC2)cc1)c1c(-c2ccccc2)sc2cc(O)ccc12. The number of nitrogens with zero attached hydrogens (tertiary/aromatic N) is 1. The number of amides is 1. The predicted molar refractivity (Wildman–Crippen MR) is 133 cm³/mol. The number of benzene rings is 3. The molecule has 5 heteroatoms. The van der Waals surface area contributed by atoms with E-state index in [0.29, 0.717) is 24.0 Å². The van der Waals surface area contributed by atoms with Crippen LogP contribution in [0.5, 0.6) is 5.75 Å². The van der Waals surface area contributed by atoms with Crippen molar-refractivity contribution in [3.8, 4) is 16.2 Å². The van der Waals surface area contributed by atoms with Crippen LogP contribution in [0.15, 0.2) is 72.8 Å². The minimum Gasteiger partial charge on any atom is -0.508 e. The molecule has 0 unspecified atom stereocenters. The van der Waals surface area contributed by atoms with Gasteiger partial charge in [0.15, 0.2) is 5.78 Å². The van der Waals surface area contributed by atoms with Crippen LogP contribution in [0.4, 0.5) is 0 Å². The van der Waals surface area contributed by atoms with Crippen LogP contribution in [-0.2, 0) is 11.2 Å². The number of carbonyl (C=O) groups excluding carboxylic acids is 2. The Bertz CT molecular complexity index is 1300. The lowest BCUT2D eigenvalue weighted by Gasteiger charge is -2.15. The van der Waals surface area contributed by atoms with E-state index in [-0.39, 0.29) is 17.4 Å². The lowest BCUT2D eigenvalue weighted by Crippen LogP contribution is -2.27. The molecular formula is C28H25NO3S. The Kier molecular flexibility index (Phi) is 5.97. The molecule has 166 valence electrons. The van der Waals surface area contributed by atoms with Crippen LogP contribution in [0.3, 0.4) is 0 Å². The number of thiophene rings is 1. The number of likely N-dealkylation sites (tertiary alicyclic amines) is 1. The number of phenols is 1. The number of hydrogen-bond acceptors (Lipinski definition) is 4. The van der Waals surface area contributed by atoms with Crippen LogP contribution in [0.2, 0.25) is 0 Å². The summed E-state index contributed by atoms with van der Waals surface area (Å²) < 4.78 is 0.884. The van der Waals surface area contributed by atoms with Gasteiger partial charge in [-0.1, -0.05) is 54.6 Å². The molecule has 0 spiro atoms. The van der Waals surface area contributed by atoms with E-state index >= 15 is 0 Å². The molecule has 1 fully saturated rings. The molecule has 1 aromatic heterocycles. The van der Waals surface area contributed by atoms with Gasteiger partial charge in [-0.2, -0.15) is 0 Å². The largest absolute Gasteiger partial charge is 0.508 e. The smallest absolute Gasteiger partial charge is 0.222 e. The van der Waals surface area contributed by atoms with Gasteiger partial charge in [0.05, 0.1) is 0 Å². The average molecular weight is 456 g/mol. The minimum atomic E-state index is -0.0366. The van der Waals surface area contributed by atoms with Crippen molar-refractivity contribution in [3.05, 3.63) is 89.5 Å². The van der Waals surface area contributed by atoms with E-state index in [4.69, 9.17) is 0 Å². The molecule has 0 radical (unpaired) electrons. The van der Waals surface area contributed by atoms with Crippen molar-refractivity contribution in [2.75, 3.05) is 13.1 Å². The Balaban J connectivity index is 1.42. The number of fused-ring (bicyclic) bond motifs is 1. The fourth-order valence-corrected chi connectivity index (χ4v) is 5.68. The summed E-state index contributed by atoms with van der Waals surface area (Å²) in [5.74, 6) is 0.369. The molecule has 0 saturated carbocycles. The maximum atomic E-state index is 13.6. The molecule has 3 aromatic carbocycles. The van der Waals surface area contributed by atoms with Gasteiger partial charge < -0.3 is 10.0 Å². The van der Waals surface area contributed by atoms with Gasteiger partial charge in [-0.15, -0.1) is 11.3 Å². The Labute approximate surface area is 197 Å². The second-order valence-corrected chi connectivity index (χ2v) is 9.52. The van der Waals surface area contributed by atoms with E-state index in [1.165, 1.54) is 11.3 Å². The molecule has 1 aliphatic rings. The molecule has 0 bridgehead atoms. The molecule has 4 nitrogen and oxygen atoms in total. The zero-order chi connectivity index (χ0) is 22.8. The molecule has 1 aliphatic heterocycles. The third kappa shape index (κ3) is 4.41. The molecule has 33 heavy (non-hydrogen) atoms. The summed E-state index contributed by atoms with van der Waals surface area (Å²) in [5, 5.41) is 10.8.